The van der Waals surface area contributed by atoms with Crippen molar-refractivity contribution in [2.75, 3.05) is 19.6 Å². The molecule has 0 saturated heterocycles. The summed E-state index contributed by atoms with van der Waals surface area (Å²) in [6.45, 7) is 4.16. The van der Waals surface area contributed by atoms with Crippen LogP contribution in [0.1, 0.15) is 67.8 Å². The van der Waals surface area contributed by atoms with Crippen LogP contribution in [-0.4, -0.2) is 37.4 Å². The van der Waals surface area contributed by atoms with Crippen molar-refractivity contribution < 1.29 is 9.59 Å². The lowest BCUT2D eigenvalue weighted by molar-refractivity contribution is -0.117. The molecule has 0 atom stereocenters. The molecule has 30 heavy (non-hydrogen) atoms. The van der Waals surface area contributed by atoms with E-state index in [0.29, 0.717) is 12.1 Å². The Bertz CT molecular complexity index is 673. The summed E-state index contributed by atoms with van der Waals surface area (Å²) in [5, 5.41) is 9.17. The Balaban J connectivity index is 0.00000450. The van der Waals surface area contributed by atoms with E-state index in [1.54, 1.807) is 12.1 Å². The van der Waals surface area contributed by atoms with E-state index in [-0.39, 0.29) is 36.4 Å². The smallest absolute Gasteiger partial charge is 0.251 e. The minimum absolute atomic E-state index is 0. The molecular weight excluding hydrogens is 493 g/mol. The van der Waals surface area contributed by atoms with Crippen LogP contribution in [0.5, 0.6) is 0 Å². The summed E-state index contributed by atoms with van der Waals surface area (Å²) >= 11 is 0. The molecule has 1 aliphatic rings. The predicted octanol–water partition coefficient (Wildman–Crippen LogP) is 2.94. The zero-order valence-electron chi connectivity index (χ0n) is 17.9. The molecule has 2 amide bonds. The van der Waals surface area contributed by atoms with Crippen molar-refractivity contribution in [3.63, 3.8) is 0 Å². The average Bonchev–Trinajstić information content (AvgIpc) is 2.74. The fourth-order valence-electron chi connectivity index (χ4n) is 3.62. The number of benzene rings is 1. The monoisotopic (exact) mass is 529 g/mol. The molecule has 1 saturated carbocycles. The SMILES string of the molecule is CCNC(=NCc1ccc(C(=O)NCC(N)=O)cc1)NCCCC1CCCCC1.I. The largest absolute Gasteiger partial charge is 0.368 e. The highest BCUT2D eigenvalue weighted by Crippen LogP contribution is 2.26. The molecule has 168 valence electrons. The lowest BCUT2D eigenvalue weighted by Gasteiger charge is -2.21. The molecule has 0 aliphatic heterocycles. The average molecular weight is 529 g/mol. The molecule has 1 aromatic rings. The first kappa shape index (κ1) is 26.2. The molecule has 7 nitrogen and oxygen atoms in total. The number of hydrogen-bond donors (Lipinski definition) is 4. The van der Waals surface area contributed by atoms with E-state index in [4.69, 9.17) is 5.73 Å². The Morgan fingerprint density at radius 2 is 1.77 bits per heavy atom. The Kier molecular flexibility index (Phi) is 13.1. The summed E-state index contributed by atoms with van der Waals surface area (Å²) in [6.07, 6.45) is 9.46. The van der Waals surface area contributed by atoms with Gasteiger partial charge in [-0.2, -0.15) is 0 Å². The van der Waals surface area contributed by atoms with Gasteiger partial charge in [0.2, 0.25) is 5.91 Å². The molecule has 0 bridgehead atoms. The van der Waals surface area contributed by atoms with E-state index >= 15 is 0 Å². The van der Waals surface area contributed by atoms with Crippen molar-refractivity contribution in [2.24, 2.45) is 16.6 Å². The first-order chi connectivity index (χ1) is 14.1. The number of amides is 2. The van der Waals surface area contributed by atoms with Crippen LogP contribution in [0.25, 0.3) is 0 Å². The molecular formula is C22H36IN5O2. The van der Waals surface area contributed by atoms with Crippen LogP contribution in [0.15, 0.2) is 29.3 Å². The Labute approximate surface area is 197 Å². The van der Waals surface area contributed by atoms with Gasteiger partial charge in [-0.1, -0.05) is 44.2 Å². The topological polar surface area (TPSA) is 109 Å². The summed E-state index contributed by atoms with van der Waals surface area (Å²) in [6, 6.07) is 7.20. The maximum absolute atomic E-state index is 11.9. The first-order valence-electron chi connectivity index (χ1n) is 10.8. The van der Waals surface area contributed by atoms with Gasteiger partial charge in [-0.15, -0.1) is 24.0 Å². The normalized spacial score (nSPS) is 14.5. The standard InChI is InChI=1S/C22H35N5O2.HI/c1-2-24-22(25-14-6-9-17-7-4-3-5-8-17)27-15-18-10-12-19(13-11-18)21(29)26-16-20(23)28;/h10-13,17H,2-9,14-16H2,1H3,(H2,23,28)(H,26,29)(H2,24,25,27);1H. The van der Waals surface area contributed by atoms with Gasteiger partial charge in [0.05, 0.1) is 13.1 Å². The first-order valence-corrected chi connectivity index (χ1v) is 10.8. The number of nitrogens with zero attached hydrogens (tertiary/aromatic N) is 1. The van der Waals surface area contributed by atoms with Gasteiger partial charge >= 0.3 is 0 Å². The fourth-order valence-corrected chi connectivity index (χ4v) is 3.62. The lowest BCUT2D eigenvalue weighted by Crippen LogP contribution is -2.37. The third-order valence-electron chi connectivity index (χ3n) is 5.21. The molecule has 8 heteroatoms. The van der Waals surface area contributed by atoms with Crippen molar-refractivity contribution in [3.05, 3.63) is 35.4 Å². The third kappa shape index (κ3) is 10.3. The molecule has 0 spiro atoms. The Morgan fingerprint density at radius 3 is 2.40 bits per heavy atom. The van der Waals surface area contributed by atoms with E-state index in [1.807, 2.05) is 12.1 Å². The quantitative estimate of drug-likeness (QED) is 0.162. The highest BCUT2D eigenvalue weighted by atomic mass is 127. The minimum Gasteiger partial charge on any atom is -0.368 e. The number of halogens is 1. The number of guanidine groups is 1. The number of carbonyl (C=O) groups excluding carboxylic acids is 2. The third-order valence-corrected chi connectivity index (χ3v) is 5.21. The number of primary amides is 1. The van der Waals surface area contributed by atoms with Crippen LogP contribution >= 0.6 is 24.0 Å². The summed E-state index contributed by atoms with van der Waals surface area (Å²) in [4.78, 5) is 27.3. The second-order valence-electron chi connectivity index (χ2n) is 7.61. The van der Waals surface area contributed by atoms with Crippen LogP contribution in [0.3, 0.4) is 0 Å². The van der Waals surface area contributed by atoms with E-state index < -0.39 is 5.91 Å². The molecule has 5 N–H and O–H groups in total. The van der Waals surface area contributed by atoms with E-state index in [9.17, 15) is 9.59 Å². The molecule has 0 radical (unpaired) electrons. The highest BCUT2D eigenvalue weighted by molar-refractivity contribution is 14.0. The molecule has 1 aromatic carbocycles. The summed E-state index contributed by atoms with van der Waals surface area (Å²) in [5.41, 5.74) is 6.54. The second-order valence-corrected chi connectivity index (χ2v) is 7.61. The van der Waals surface area contributed by atoms with Gasteiger partial charge in [-0.05, 0) is 43.4 Å². The van der Waals surface area contributed by atoms with Crippen LogP contribution in [0, 0.1) is 5.92 Å². The van der Waals surface area contributed by atoms with Gasteiger partial charge < -0.3 is 21.7 Å². The number of nitrogens with two attached hydrogens (primary N) is 1. The van der Waals surface area contributed by atoms with Gasteiger partial charge in [0.1, 0.15) is 0 Å². The van der Waals surface area contributed by atoms with Crippen LogP contribution in [0.2, 0.25) is 0 Å². The lowest BCUT2D eigenvalue weighted by atomic mass is 9.86. The van der Waals surface area contributed by atoms with E-state index in [1.165, 1.54) is 44.9 Å². The maximum atomic E-state index is 11.9. The molecule has 0 aromatic heterocycles. The second kappa shape index (κ2) is 15.0. The Hall–Kier alpha value is -1.84. The van der Waals surface area contributed by atoms with Gasteiger partial charge in [-0.3, -0.25) is 9.59 Å². The van der Waals surface area contributed by atoms with Crippen molar-refractivity contribution in [1.82, 2.24) is 16.0 Å². The number of aliphatic imine (C=N–C) groups is 1. The summed E-state index contributed by atoms with van der Waals surface area (Å²) < 4.78 is 0. The van der Waals surface area contributed by atoms with Gasteiger partial charge in [0, 0.05) is 18.7 Å². The van der Waals surface area contributed by atoms with Gasteiger partial charge in [0.25, 0.3) is 5.91 Å². The number of hydrogen-bond acceptors (Lipinski definition) is 3. The van der Waals surface area contributed by atoms with Crippen LogP contribution < -0.4 is 21.7 Å². The minimum atomic E-state index is -0.563. The van der Waals surface area contributed by atoms with Crippen molar-refractivity contribution in [1.29, 1.82) is 0 Å². The van der Waals surface area contributed by atoms with Crippen LogP contribution in [-0.2, 0) is 11.3 Å². The predicted molar refractivity (Wildman–Crippen MR) is 132 cm³/mol. The van der Waals surface area contributed by atoms with Crippen LogP contribution in [0.4, 0.5) is 0 Å². The fraction of sp³-hybridized carbons (Fsp3) is 0.591. The van der Waals surface area contributed by atoms with Crippen molar-refractivity contribution in [2.45, 2.75) is 58.4 Å². The highest BCUT2D eigenvalue weighted by Gasteiger charge is 2.12. The van der Waals surface area contributed by atoms with E-state index in [2.05, 4.69) is 27.9 Å². The Morgan fingerprint density at radius 1 is 1.07 bits per heavy atom. The number of rotatable bonds is 10. The number of nitrogens with one attached hydrogen (secondary N) is 3. The molecule has 0 unspecified atom stereocenters. The van der Waals surface area contributed by atoms with E-state index in [0.717, 1.165) is 30.5 Å². The number of carbonyl (C=O) groups is 2. The summed E-state index contributed by atoms with van der Waals surface area (Å²) in [7, 11) is 0. The van der Waals surface area contributed by atoms with Crippen molar-refractivity contribution >= 4 is 41.8 Å². The summed E-state index contributed by atoms with van der Waals surface area (Å²) in [5.74, 6) is 0.849. The molecule has 1 fully saturated rings. The molecule has 2 rings (SSSR count). The van der Waals surface area contributed by atoms with Gasteiger partial charge in [-0.25, -0.2) is 4.99 Å². The zero-order valence-corrected chi connectivity index (χ0v) is 20.2. The maximum Gasteiger partial charge on any atom is 0.251 e. The molecule has 1 aliphatic carbocycles. The van der Waals surface area contributed by atoms with Gasteiger partial charge in [0.15, 0.2) is 5.96 Å². The van der Waals surface area contributed by atoms with Crippen molar-refractivity contribution in [3.8, 4) is 0 Å². The molecule has 0 heterocycles. The zero-order chi connectivity index (χ0) is 20.9.